The van der Waals surface area contributed by atoms with Gasteiger partial charge in [0, 0.05) is 37.3 Å². The van der Waals surface area contributed by atoms with E-state index in [9.17, 15) is 0 Å². The molecule has 0 aromatic rings. The molecule has 126 valence electrons. The molecule has 0 bridgehead atoms. The molecule has 1 aliphatic heterocycles. The van der Waals surface area contributed by atoms with E-state index in [1.807, 2.05) is 0 Å². The maximum Gasteiger partial charge on any atom is 0.0126 e. The highest BCUT2D eigenvalue weighted by molar-refractivity contribution is 4.81. The second kappa shape index (κ2) is 8.50. The smallest absolute Gasteiger partial charge is 0.0126 e. The van der Waals surface area contributed by atoms with Crippen molar-refractivity contribution in [2.75, 3.05) is 39.3 Å². The third kappa shape index (κ3) is 8.80. The topological polar surface area (TPSA) is 18.5 Å². The second-order valence-electron chi connectivity index (χ2n) is 8.59. The Morgan fingerprint density at radius 2 is 1.33 bits per heavy atom. The third-order valence-electron chi connectivity index (χ3n) is 4.38. The van der Waals surface area contributed by atoms with Crippen LogP contribution in [-0.2, 0) is 0 Å². The first-order chi connectivity index (χ1) is 9.68. The number of hydrogen-bond acceptors (Lipinski definition) is 3. The summed E-state index contributed by atoms with van der Waals surface area (Å²) in [6.07, 6.45) is 5.43. The van der Waals surface area contributed by atoms with E-state index in [0.717, 1.165) is 6.54 Å². The van der Waals surface area contributed by atoms with Crippen molar-refractivity contribution in [2.24, 2.45) is 0 Å². The molecule has 1 aliphatic rings. The molecule has 0 amide bonds. The lowest BCUT2D eigenvalue weighted by atomic mass is 10.0. The fraction of sp³-hybridized carbons (Fsp3) is 1.00. The zero-order valence-electron chi connectivity index (χ0n) is 15.5. The summed E-state index contributed by atoms with van der Waals surface area (Å²) in [7, 11) is 0. The fourth-order valence-electron chi connectivity index (χ4n) is 2.92. The van der Waals surface area contributed by atoms with Gasteiger partial charge in [0.2, 0.25) is 0 Å². The molecule has 0 radical (unpaired) electrons. The molecule has 3 nitrogen and oxygen atoms in total. The lowest BCUT2D eigenvalue weighted by Crippen LogP contribution is -2.53. The van der Waals surface area contributed by atoms with Gasteiger partial charge >= 0.3 is 0 Å². The van der Waals surface area contributed by atoms with Crippen LogP contribution in [-0.4, -0.2) is 60.1 Å². The number of piperazine rings is 1. The first-order valence-electron chi connectivity index (χ1n) is 8.91. The van der Waals surface area contributed by atoms with Crippen LogP contribution in [0.15, 0.2) is 0 Å². The van der Waals surface area contributed by atoms with Gasteiger partial charge in [-0.3, -0.25) is 4.90 Å². The second-order valence-corrected chi connectivity index (χ2v) is 8.59. The maximum absolute atomic E-state index is 3.57. The predicted molar refractivity (Wildman–Crippen MR) is 94.0 cm³/mol. The molecule has 0 aliphatic carbocycles. The summed E-state index contributed by atoms with van der Waals surface area (Å²) < 4.78 is 0. The molecular formula is C18H39N3. The average Bonchev–Trinajstić information content (AvgIpc) is 2.36. The Balaban J connectivity index is 1.98. The quantitative estimate of drug-likeness (QED) is 0.727. The number of unbranched alkanes of at least 4 members (excludes halogenated alkanes) is 3. The van der Waals surface area contributed by atoms with Gasteiger partial charge in [-0.25, -0.2) is 0 Å². The molecule has 0 aromatic carbocycles. The van der Waals surface area contributed by atoms with Crippen molar-refractivity contribution in [1.29, 1.82) is 0 Å². The molecule has 1 saturated heterocycles. The molecule has 3 heteroatoms. The van der Waals surface area contributed by atoms with Crippen LogP contribution in [0.25, 0.3) is 0 Å². The van der Waals surface area contributed by atoms with E-state index in [4.69, 9.17) is 0 Å². The summed E-state index contributed by atoms with van der Waals surface area (Å²) in [6.45, 7) is 21.1. The van der Waals surface area contributed by atoms with Crippen LogP contribution in [0.1, 0.15) is 67.2 Å². The van der Waals surface area contributed by atoms with Crippen LogP contribution in [0.4, 0.5) is 0 Å². The minimum absolute atomic E-state index is 0.271. The van der Waals surface area contributed by atoms with E-state index >= 15 is 0 Å². The molecule has 1 N–H and O–H groups in total. The number of hydrogen-bond donors (Lipinski definition) is 1. The molecule has 1 heterocycles. The Labute approximate surface area is 133 Å². The van der Waals surface area contributed by atoms with Gasteiger partial charge in [-0.15, -0.1) is 0 Å². The zero-order valence-corrected chi connectivity index (χ0v) is 15.5. The summed E-state index contributed by atoms with van der Waals surface area (Å²) in [4.78, 5) is 5.26. The summed E-state index contributed by atoms with van der Waals surface area (Å²) >= 11 is 0. The van der Waals surface area contributed by atoms with Crippen LogP contribution < -0.4 is 5.32 Å². The van der Waals surface area contributed by atoms with Crippen LogP contribution in [0, 0.1) is 0 Å². The Morgan fingerprint density at radius 3 is 1.86 bits per heavy atom. The van der Waals surface area contributed by atoms with E-state index in [1.165, 1.54) is 58.4 Å². The molecule has 1 fully saturated rings. The van der Waals surface area contributed by atoms with Crippen LogP contribution >= 0.6 is 0 Å². The van der Waals surface area contributed by atoms with Crippen LogP contribution in [0.2, 0.25) is 0 Å². The van der Waals surface area contributed by atoms with Gasteiger partial charge < -0.3 is 10.2 Å². The Kier molecular flexibility index (Phi) is 7.66. The molecule has 0 spiro atoms. The van der Waals surface area contributed by atoms with E-state index in [-0.39, 0.29) is 5.54 Å². The number of nitrogens with one attached hydrogen (secondary N) is 1. The lowest BCUT2D eigenvalue weighted by Gasteiger charge is -2.42. The van der Waals surface area contributed by atoms with Crippen LogP contribution in [0.5, 0.6) is 0 Å². The normalized spacial score (nSPS) is 19.1. The lowest BCUT2D eigenvalue weighted by molar-refractivity contribution is 0.0616. The van der Waals surface area contributed by atoms with Gasteiger partial charge in [0.25, 0.3) is 0 Å². The third-order valence-corrected chi connectivity index (χ3v) is 4.38. The molecule has 0 unspecified atom stereocenters. The monoisotopic (exact) mass is 297 g/mol. The van der Waals surface area contributed by atoms with Gasteiger partial charge in [0.1, 0.15) is 0 Å². The van der Waals surface area contributed by atoms with Crippen molar-refractivity contribution < 1.29 is 0 Å². The van der Waals surface area contributed by atoms with Crippen molar-refractivity contribution in [3.63, 3.8) is 0 Å². The van der Waals surface area contributed by atoms with E-state index < -0.39 is 0 Å². The number of rotatable bonds is 7. The Bertz CT molecular complexity index is 267. The summed E-state index contributed by atoms with van der Waals surface area (Å²) in [6, 6.07) is 0. The highest BCUT2D eigenvalue weighted by atomic mass is 15.3. The minimum atomic E-state index is 0.271. The summed E-state index contributed by atoms with van der Waals surface area (Å²) in [5.41, 5.74) is 0.610. The molecular weight excluding hydrogens is 258 g/mol. The fourth-order valence-corrected chi connectivity index (χ4v) is 2.92. The van der Waals surface area contributed by atoms with Crippen molar-refractivity contribution in [3.8, 4) is 0 Å². The minimum Gasteiger partial charge on any atom is -0.312 e. The van der Waals surface area contributed by atoms with E-state index in [1.54, 1.807) is 0 Å². The Morgan fingerprint density at radius 1 is 0.762 bits per heavy atom. The van der Waals surface area contributed by atoms with Crippen molar-refractivity contribution in [2.45, 2.75) is 78.3 Å². The van der Waals surface area contributed by atoms with E-state index in [2.05, 4.69) is 56.7 Å². The molecule has 21 heavy (non-hydrogen) atoms. The molecule has 0 atom stereocenters. The van der Waals surface area contributed by atoms with E-state index in [0.29, 0.717) is 5.54 Å². The Hall–Kier alpha value is -0.120. The molecule has 0 saturated carbocycles. The van der Waals surface area contributed by atoms with Gasteiger partial charge in [0.05, 0.1) is 0 Å². The highest BCUT2D eigenvalue weighted by Crippen LogP contribution is 2.16. The van der Waals surface area contributed by atoms with Gasteiger partial charge in [-0.05, 0) is 67.5 Å². The largest absolute Gasteiger partial charge is 0.312 e. The summed E-state index contributed by atoms with van der Waals surface area (Å²) in [5, 5.41) is 3.57. The van der Waals surface area contributed by atoms with Crippen LogP contribution in [0.3, 0.4) is 0 Å². The molecule has 1 rings (SSSR count). The first-order valence-corrected chi connectivity index (χ1v) is 8.91. The van der Waals surface area contributed by atoms with Gasteiger partial charge in [0.15, 0.2) is 0 Å². The van der Waals surface area contributed by atoms with Crippen molar-refractivity contribution in [3.05, 3.63) is 0 Å². The summed E-state index contributed by atoms with van der Waals surface area (Å²) in [5.74, 6) is 0. The van der Waals surface area contributed by atoms with Gasteiger partial charge in [-0.2, -0.15) is 0 Å². The standard InChI is InChI=1S/C18H39N3/c1-17(2,3)19-11-9-7-8-10-12-20-13-15-21(16-14-20)18(4,5)6/h19H,7-16H2,1-6H3. The maximum atomic E-state index is 3.57. The van der Waals surface area contributed by atoms with Gasteiger partial charge in [-0.1, -0.05) is 12.8 Å². The highest BCUT2D eigenvalue weighted by Gasteiger charge is 2.25. The first kappa shape index (κ1) is 18.9. The zero-order chi connectivity index (χ0) is 15.9. The predicted octanol–water partition coefficient (Wildman–Crippen LogP) is 3.35. The number of nitrogens with zero attached hydrogens (tertiary/aromatic N) is 2. The SMILES string of the molecule is CC(C)(C)NCCCCCCN1CCN(C(C)(C)C)CC1. The van der Waals surface area contributed by atoms with Crippen molar-refractivity contribution in [1.82, 2.24) is 15.1 Å². The average molecular weight is 298 g/mol. The van der Waals surface area contributed by atoms with Crippen molar-refractivity contribution >= 4 is 0 Å². The molecule has 0 aromatic heterocycles.